The van der Waals surface area contributed by atoms with Crippen molar-refractivity contribution in [1.82, 2.24) is 24.6 Å². The molecule has 8 heteroatoms. The maximum atomic E-state index is 13.4. The van der Waals surface area contributed by atoms with Crippen molar-refractivity contribution in [2.75, 3.05) is 26.7 Å². The fraction of sp³-hybridized carbons (Fsp3) is 0.478. The van der Waals surface area contributed by atoms with E-state index in [4.69, 9.17) is 9.40 Å². The van der Waals surface area contributed by atoms with Gasteiger partial charge in [-0.2, -0.15) is 5.10 Å². The van der Waals surface area contributed by atoms with Crippen molar-refractivity contribution in [1.29, 1.82) is 0 Å². The fourth-order valence-electron chi connectivity index (χ4n) is 3.75. The molecule has 2 amide bonds. The van der Waals surface area contributed by atoms with Crippen LogP contribution in [0.3, 0.4) is 0 Å². The molecular weight excluding hydrogens is 394 g/mol. The van der Waals surface area contributed by atoms with Crippen LogP contribution in [0.1, 0.15) is 55.6 Å². The number of rotatable bonds is 7. The molecule has 0 atom stereocenters. The molecule has 3 rings (SSSR count). The number of aryl methyl sites for hydroxylation is 2. The first-order valence-electron chi connectivity index (χ1n) is 10.7. The van der Waals surface area contributed by atoms with Gasteiger partial charge in [0, 0.05) is 31.7 Å². The quantitative estimate of drug-likeness (QED) is 0.574. The van der Waals surface area contributed by atoms with Crippen molar-refractivity contribution in [2.24, 2.45) is 0 Å². The maximum absolute atomic E-state index is 13.4. The summed E-state index contributed by atoms with van der Waals surface area (Å²) >= 11 is 0. The van der Waals surface area contributed by atoms with E-state index < -0.39 is 0 Å². The van der Waals surface area contributed by atoms with Gasteiger partial charge in [0.05, 0.1) is 29.4 Å². The number of carbonyl (C=O) groups is 2. The minimum absolute atomic E-state index is 0.0157. The van der Waals surface area contributed by atoms with E-state index in [1.807, 2.05) is 47.6 Å². The lowest BCUT2D eigenvalue weighted by atomic mass is 10.1. The summed E-state index contributed by atoms with van der Waals surface area (Å²) in [5.41, 5.74) is 2.60. The zero-order chi connectivity index (χ0) is 22.9. The van der Waals surface area contributed by atoms with Gasteiger partial charge in [-0.1, -0.05) is 0 Å². The van der Waals surface area contributed by atoms with Crippen molar-refractivity contribution >= 4 is 22.8 Å². The molecule has 0 N–H and O–H groups in total. The number of fused-ring (bicyclic) bond motifs is 1. The number of amides is 2. The van der Waals surface area contributed by atoms with Crippen LogP contribution in [0, 0.1) is 13.8 Å². The van der Waals surface area contributed by atoms with Gasteiger partial charge in [-0.3, -0.25) is 9.59 Å². The van der Waals surface area contributed by atoms with Crippen LogP contribution in [0.15, 0.2) is 22.7 Å². The Hall–Kier alpha value is -3.16. The molecule has 0 spiro atoms. The zero-order valence-electron chi connectivity index (χ0n) is 19.4. The smallest absolute Gasteiger partial charge is 0.254 e. The number of hydrogen-bond donors (Lipinski definition) is 0. The van der Waals surface area contributed by atoms with Crippen molar-refractivity contribution in [3.8, 4) is 11.3 Å². The van der Waals surface area contributed by atoms with Gasteiger partial charge in [0.2, 0.25) is 5.91 Å². The van der Waals surface area contributed by atoms with E-state index in [0.717, 1.165) is 17.1 Å². The second-order valence-electron chi connectivity index (χ2n) is 8.03. The molecule has 0 saturated heterocycles. The third-order valence-electron chi connectivity index (χ3n) is 5.44. The van der Waals surface area contributed by atoms with Gasteiger partial charge in [-0.05, 0) is 53.7 Å². The minimum Gasteiger partial charge on any atom is -0.466 e. The standard InChI is InChI=1S/C23H31N5O3/c1-8-27(9-2)21(29)13-26(7)23(30)18-11-20(17-10-15(5)31-16(17)6)25-22-19(18)12-24-28(22)14(3)4/h10-12,14H,8-9,13H2,1-7H3. The van der Waals surface area contributed by atoms with E-state index in [0.29, 0.717) is 35.4 Å². The lowest BCUT2D eigenvalue weighted by molar-refractivity contribution is -0.131. The number of nitrogens with zero attached hydrogens (tertiary/aromatic N) is 5. The Morgan fingerprint density at radius 3 is 2.39 bits per heavy atom. The van der Waals surface area contributed by atoms with Gasteiger partial charge in [-0.25, -0.2) is 9.67 Å². The third-order valence-corrected chi connectivity index (χ3v) is 5.44. The summed E-state index contributed by atoms with van der Waals surface area (Å²) in [5, 5.41) is 5.13. The van der Waals surface area contributed by atoms with E-state index in [1.165, 1.54) is 4.90 Å². The fourth-order valence-corrected chi connectivity index (χ4v) is 3.75. The average Bonchev–Trinajstić information content (AvgIpc) is 3.30. The van der Waals surface area contributed by atoms with Crippen LogP contribution in [0.4, 0.5) is 0 Å². The Morgan fingerprint density at radius 1 is 1.16 bits per heavy atom. The van der Waals surface area contributed by atoms with E-state index in [2.05, 4.69) is 5.10 Å². The van der Waals surface area contributed by atoms with Crippen LogP contribution >= 0.6 is 0 Å². The predicted octanol–water partition coefficient (Wildman–Crippen LogP) is 3.83. The summed E-state index contributed by atoms with van der Waals surface area (Å²) < 4.78 is 7.49. The monoisotopic (exact) mass is 425 g/mol. The number of likely N-dealkylation sites (N-methyl/N-ethyl adjacent to an activating group) is 2. The molecule has 0 radical (unpaired) electrons. The van der Waals surface area contributed by atoms with Gasteiger partial charge in [0.1, 0.15) is 11.5 Å². The molecule has 3 aromatic rings. The normalized spacial score (nSPS) is 11.4. The maximum Gasteiger partial charge on any atom is 0.254 e. The van der Waals surface area contributed by atoms with Crippen molar-refractivity contribution in [3.05, 3.63) is 35.4 Å². The number of pyridine rings is 1. The summed E-state index contributed by atoms with van der Waals surface area (Å²) in [6.07, 6.45) is 1.67. The highest BCUT2D eigenvalue weighted by molar-refractivity contribution is 6.07. The lowest BCUT2D eigenvalue weighted by Gasteiger charge is -2.23. The average molecular weight is 426 g/mol. The molecule has 0 aromatic carbocycles. The molecule has 3 aromatic heterocycles. The van der Waals surface area contributed by atoms with E-state index in [1.54, 1.807) is 28.9 Å². The highest BCUT2D eigenvalue weighted by atomic mass is 16.3. The molecule has 0 aliphatic carbocycles. The van der Waals surface area contributed by atoms with E-state index >= 15 is 0 Å². The number of carbonyl (C=O) groups excluding carboxylic acids is 2. The van der Waals surface area contributed by atoms with Crippen LogP contribution in [0.25, 0.3) is 22.3 Å². The topological polar surface area (TPSA) is 84.5 Å². The molecule has 8 nitrogen and oxygen atoms in total. The van der Waals surface area contributed by atoms with Crippen LogP contribution in [0.2, 0.25) is 0 Å². The van der Waals surface area contributed by atoms with Crippen LogP contribution in [0.5, 0.6) is 0 Å². The van der Waals surface area contributed by atoms with Crippen molar-refractivity contribution < 1.29 is 14.0 Å². The highest BCUT2D eigenvalue weighted by Gasteiger charge is 2.24. The molecule has 0 fully saturated rings. The second-order valence-corrected chi connectivity index (χ2v) is 8.03. The second kappa shape index (κ2) is 8.91. The highest BCUT2D eigenvalue weighted by Crippen LogP contribution is 2.30. The lowest BCUT2D eigenvalue weighted by Crippen LogP contribution is -2.41. The molecule has 166 valence electrons. The van der Waals surface area contributed by atoms with E-state index in [9.17, 15) is 9.59 Å². The van der Waals surface area contributed by atoms with Gasteiger partial charge in [0.15, 0.2) is 5.65 Å². The van der Waals surface area contributed by atoms with Gasteiger partial charge < -0.3 is 14.2 Å². The Kier molecular flexibility index (Phi) is 6.48. The molecule has 0 saturated carbocycles. The first-order chi connectivity index (χ1) is 14.7. The molecular formula is C23H31N5O3. The summed E-state index contributed by atoms with van der Waals surface area (Å²) in [4.78, 5) is 33.9. The van der Waals surface area contributed by atoms with E-state index in [-0.39, 0.29) is 24.4 Å². The molecule has 0 bridgehead atoms. The van der Waals surface area contributed by atoms with Gasteiger partial charge in [-0.15, -0.1) is 0 Å². The molecule has 0 aliphatic rings. The van der Waals surface area contributed by atoms with Crippen molar-refractivity contribution in [2.45, 2.75) is 47.6 Å². The predicted molar refractivity (Wildman–Crippen MR) is 120 cm³/mol. The molecule has 0 unspecified atom stereocenters. The zero-order valence-corrected chi connectivity index (χ0v) is 19.4. The first kappa shape index (κ1) is 22.5. The first-order valence-corrected chi connectivity index (χ1v) is 10.7. The summed E-state index contributed by atoms with van der Waals surface area (Å²) in [7, 11) is 1.65. The third kappa shape index (κ3) is 4.33. The Balaban J connectivity index is 2.09. The van der Waals surface area contributed by atoms with Crippen LogP contribution < -0.4 is 0 Å². The molecule has 0 aliphatic heterocycles. The summed E-state index contributed by atoms with van der Waals surface area (Å²) in [6.45, 7) is 12.9. The minimum atomic E-state index is -0.240. The van der Waals surface area contributed by atoms with Crippen molar-refractivity contribution in [3.63, 3.8) is 0 Å². The largest absolute Gasteiger partial charge is 0.466 e. The van der Waals surface area contributed by atoms with Gasteiger partial charge >= 0.3 is 0 Å². The molecule has 31 heavy (non-hydrogen) atoms. The van der Waals surface area contributed by atoms with Crippen LogP contribution in [-0.4, -0.2) is 63.1 Å². The Labute approximate surface area is 182 Å². The number of furan rings is 1. The summed E-state index contributed by atoms with van der Waals surface area (Å²) in [6, 6.07) is 3.77. The Morgan fingerprint density at radius 2 is 1.84 bits per heavy atom. The number of hydrogen-bond acceptors (Lipinski definition) is 5. The number of aromatic nitrogens is 3. The van der Waals surface area contributed by atoms with Crippen LogP contribution in [-0.2, 0) is 4.79 Å². The van der Waals surface area contributed by atoms with Gasteiger partial charge in [0.25, 0.3) is 5.91 Å². The Bertz CT molecular complexity index is 1110. The SMILES string of the molecule is CCN(CC)C(=O)CN(C)C(=O)c1cc(-c2cc(C)oc2C)nc2c1cnn2C(C)C. The molecule has 3 heterocycles. The summed E-state index contributed by atoms with van der Waals surface area (Å²) in [5.74, 6) is 1.20.